The minimum Gasteiger partial charge on any atom is -0.497 e. The fourth-order valence-electron chi connectivity index (χ4n) is 5.35. The minimum absolute atomic E-state index is 0.171. The van der Waals surface area contributed by atoms with E-state index < -0.39 is 35.3 Å². The standard InChI is InChI=1S/C26H30N2O6/c1-5-14-26(25(31)34-6-2)21-20(23(29)28(24(21)30)16-10-8-7-9-11-16)22(27-26)18-13-12-17(32-3)15-19(18)33-4/h7-13,15,20-22,27H,5-6,14H2,1-4H3/t20-,21+,22-,26-/m0/s1. The Morgan fingerprint density at radius 1 is 1.03 bits per heavy atom. The van der Waals surface area contributed by atoms with Crippen molar-refractivity contribution in [2.75, 3.05) is 25.7 Å². The fourth-order valence-corrected chi connectivity index (χ4v) is 5.35. The lowest BCUT2D eigenvalue weighted by Crippen LogP contribution is -2.56. The summed E-state index contributed by atoms with van der Waals surface area (Å²) in [4.78, 5) is 42.3. The van der Waals surface area contributed by atoms with E-state index in [-0.39, 0.29) is 12.5 Å². The molecule has 0 spiro atoms. The van der Waals surface area contributed by atoms with Gasteiger partial charge in [0.2, 0.25) is 11.8 Å². The highest BCUT2D eigenvalue weighted by atomic mass is 16.5. The zero-order valence-electron chi connectivity index (χ0n) is 19.9. The molecule has 2 aromatic rings. The molecule has 0 bridgehead atoms. The van der Waals surface area contributed by atoms with Gasteiger partial charge in [-0.1, -0.05) is 37.6 Å². The number of ether oxygens (including phenoxy) is 3. The number of para-hydroxylation sites is 1. The van der Waals surface area contributed by atoms with Gasteiger partial charge in [-0.3, -0.25) is 19.7 Å². The first kappa shape index (κ1) is 23.8. The lowest BCUT2D eigenvalue weighted by molar-refractivity contribution is -0.155. The lowest BCUT2D eigenvalue weighted by atomic mass is 9.77. The van der Waals surface area contributed by atoms with Gasteiger partial charge in [0.1, 0.15) is 17.0 Å². The van der Waals surface area contributed by atoms with Crippen molar-refractivity contribution < 1.29 is 28.6 Å². The van der Waals surface area contributed by atoms with Gasteiger partial charge in [0.05, 0.1) is 38.3 Å². The second-order valence-electron chi connectivity index (χ2n) is 8.52. The number of methoxy groups -OCH3 is 2. The van der Waals surface area contributed by atoms with E-state index in [9.17, 15) is 14.4 Å². The van der Waals surface area contributed by atoms with Gasteiger partial charge >= 0.3 is 5.97 Å². The average Bonchev–Trinajstić information content (AvgIpc) is 3.33. The molecule has 2 saturated heterocycles. The van der Waals surface area contributed by atoms with E-state index in [4.69, 9.17) is 14.2 Å². The number of imide groups is 1. The summed E-state index contributed by atoms with van der Waals surface area (Å²) in [6.45, 7) is 3.84. The maximum atomic E-state index is 13.8. The van der Waals surface area contributed by atoms with Crippen LogP contribution in [0.2, 0.25) is 0 Å². The fraction of sp³-hybridized carbons (Fsp3) is 0.423. The van der Waals surface area contributed by atoms with Crippen LogP contribution in [0.25, 0.3) is 0 Å². The number of carbonyl (C=O) groups excluding carboxylic acids is 3. The molecule has 180 valence electrons. The van der Waals surface area contributed by atoms with Gasteiger partial charge < -0.3 is 14.2 Å². The minimum atomic E-state index is -1.33. The number of nitrogens with zero attached hydrogens (tertiary/aromatic N) is 1. The number of rotatable bonds is 8. The monoisotopic (exact) mass is 466 g/mol. The van der Waals surface area contributed by atoms with Gasteiger partial charge in [-0.25, -0.2) is 4.90 Å². The average molecular weight is 467 g/mol. The summed E-state index contributed by atoms with van der Waals surface area (Å²) in [5.74, 6) is -1.87. The molecule has 2 heterocycles. The van der Waals surface area contributed by atoms with E-state index in [0.29, 0.717) is 35.6 Å². The van der Waals surface area contributed by atoms with Crippen molar-refractivity contribution in [2.24, 2.45) is 11.8 Å². The Morgan fingerprint density at radius 2 is 1.76 bits per heavy atom. The molecule has 0 saturated carbocycles. The Kier molecular flexibility index (Phi) is 6.61. The molecule has 0 unspecified atom stereocenters. The van der Waals surface area contributed by atoms with Crippen molar-refractivity contribution in [1.82, 2.24) is 5.32 Å². The molecule has 2 aliphatic rings. The van der Waals surface area contributed by atoms with Gasteiger partial charge in [0.15, 0.2) is 0 Å². The Balaban J connectivity index is 1.89. The summed E-state index contributed by atoms with van der Waals surface area (Å²) in [7, 11) is 3.09. The Morgan fingerprint density at radius 3 is 2.38 bits per heavy atom. The maximum absolute atomic E-state index is 13.8. The highest BCUT2D eigenvalue weighted by molar-refractivity contribution is 6.24. The molecule has 4 atom stereocenters. The number of amides is 2. The van der Waals surface area contributed by atoms with E-state index in [1.54, 1.807) is 50.4 Å². The third-order valence-electron chi connectivity index (χ3n) is 6.73. The van der Waals surface area contributed by atoms with Crippen LogP contribution < -0.4 is 19.7 Å². The van der Waals surface area contributed by atoms with Crippen LogP contribution in [0.4, 0.5) is 5.69 Å². The molecule has 4 rings (SSSR count). The molecular weight excluding hydrogens is 436 g/mol. The topological polar surface area (TPSA) is 94.2 Å². The van der Waals surface area contributed by atoms with Crippen molar-refractivity contribution in [3.63, 3.8) is 0 Å². The van der Waals surface area contributed by atoms with Crippen LogP contribution in [0.5, 0.6) is 11.5 Å². The van der Waals surface area contributed by atoms with Gasteiger partial charge in [-0.15, -0.1) is 0 Å². The number of benzene rings is 2. The van der Waals surface area contributed by atoms with Crippen molar-refractivity contribution in [1.29, 1.82) is 0 Å². The lowest BCUT2D eigenvalue weighted by Gasteiger charge is -2.32. The third kappa shape index (κ3) is 3.62. The van der Waals surface area contributed by atoms with Crippen molar-refractivity contribution in [3.8, 4) is 11.5 Å². The first-order chi connectivity index (χ1) is 16.4. The summed E-state index contributed by atoms with van der Waals surface area (Å²) in [6.07, 6.45) is 0.970. The number of carbonyl (C=O) groups is 3. The van der Waals surface area contributed by atoms with Crippen molar-refractivity contribution in [3.05, 3.63) is 54.1 Å². The smallest absolute Gasteiger partial charge is 0.327 e. The molecule has 2 aromatic carbocycles. The molecular formula is C26H30N2O6. The first-order valence-corrected chi connectivity index (χ1v) is 11.5. The van der Waals surface area contributed by atoms with Crippen LogP contribution in [0, 0.1) is 11.8 Å². The molecule has 0 radical (unpaired) electrons. The molecule has 8 heteroatoms. The second kappa shape index (κ2) is 9.46. The molecule has 0 aliphatic carbocycles. The molecule has 8 nitrogen and oxygen atoms in total. The van der Waals surface area contributed by atoms with Gasteiger partial charge in [0, 0.05) is 17.7 Å². The number of hydrogen-bond acceptors (Lipinski definition) is 7. The Hall–Kier alpha value is -3.39. The number of nitrogens with one attached hydrogen (secondary N) is 1. The van der Waals surface area contributed by atoms with Crippen LogP contribution in [0.15, 0.2) is 48.5 Å². The van der Waals surface area contributed by atoms with E-state index in [2.05, 4.69) is 5.32 Å². The Bertz CT molecular complexity index is 1090. The van der Waals surface area contributed by atoms with Crippen LogP contribution in [-0.4, -0.2) is 44.1 Å². The van der Waals surface area contributed by atoms with E-state index in [1.165, 1.54) is 12.0 Å². The Labute approximate surface area is 199 Å². The highest BCUT2D eigenvalue weighted by Gasteiger charge is 2.68. The SMILES string of the molecule is CCC[C@]1(C(=O)OCC)N[C@@H](c2ccc(OC)cc2OC)[C@H]2C(=O)N(c3ccccc3)C(=O)[C@@H]21. The van der Waals surface area contributed by atoms with Crippen LogP contribution in [0.3, 0.4) is 0 Å². The summed E-state index contributed by atoms with van der Waals surface area (Å²) in [6, 6.07) is 13.5. The van der Waals surface area contributed by atoms with E-state index in [0.717, 1.165) is 0 Å². The zero-order chi connectivity index (χ0) is 24.5. The van der Waals surface area contributed by atoms with Gasteiger partial charge in [-0.2, -0.15) is 0 Å². The summed E-state index contributed by atoms with van der Waals surface area (Å²) in [5.41, 5.74) is -0.167. The number of hydrogen-bond donors (Lipinski definition) is 1. The quantitative estimate of drug-likeness (QED) is 0.471. The molecule has 2 fully saturated rings. The number of anilines is 1. The maximum Gasteiger partial charge on any atom is 0.327 e. The normalized spacial score (nSPS) is 25.9. The van der Waals surface area contributed by atoms with Crippen LogP contribution >= 0.6 is 0 Å². The molecule has 34 heavy (non-hydrogen) atoms. The van der Waals surface area contributed by atoms with Gasteiger partial charge in [0.25, 0.3) is 0 Å². The van der Waals surface area contributed by atoms with E-state index in [1.807, 2.05) is 19.1 Å². The van der Waals surface area contributed by atoms with E-state index >= 15 is 0 Å². The third-order valence-corrected chi connectivity index (χ3v) is 6.73. The second-order valence-corrected chi connectivity index (χ2v) is 8.52. The summed E-state index contributed by atoms with van der Waals surface area (Å²) < 4.78 is 16.4. The van der Waals surface area contributed by atoms with Crippen LogP contribution in [-0.2, 0) is 19.1 Å². The highest BCUT2D eigenvalue weighted by Crippen LogP contribution is 2.53. The summed E-state index contributed by atoms with van der Waals surface area (Å²) >= 11 is 0. The van der Waals surface area contributed by atoms with Crippen molar-refractivity contribution >= 4 is 23.5 Å². The zero-order valence-corrected chi connectivity index (χ0v) is 19.9. The first-order valence-electron chi connectivity index (χ1n) is 11.5. The van der Waals surface area contributed by atoms with Gasteiger partial charge in [-0.05, 0) is 31.5 Å². The van der Waals surface area contributed by atoms with Crippen LogP contribution in [0.1, 0.15) is 38.3 Å². The predicted octanol–water partition coefficient (Wildman–Crippen LogP) is 3.26. The molecule has 0 aromatic heterocycles. The summed E-state index contributed by atoms with van der Waals surface area (Å²) in [5, 5.41) is 3.39. The largest absolute Gasteiger partial charge is 0.497 e. The molecule has 2 aliphatic heterocycles. The molecule has 1 N–H and O–H groups in total. The predicted molar refractivity (Wildman–Crippen MR) is 126 cm³/mol. The van der Waals surface area contributed by atoms with Crippen molar-refractivity contribution in [2.45, 2.75) is 38.3 Å². The number of esters is 1. The molecule has 2 amide bonds. The number of fused-ring (bicyclic) bond motifs is 1.